The SMILES string of the molecule is CCOc1ccc(NC(=O)CN(c2ccc(S(=O)(=O)N(C)C)cc2)S(C)(=O)=O)cc1. The molecule has 0 saturated carbocycles. The highest BCUT2D eigenvalue weighted by atomic mass is 32.2. The summed E-state index contributed by atoms with van der Waals surface area (Å²) in [6.45, 7) is 1.91. The van der Waals surface area contributed by atoms with E-state index in [-0.39, 0.29) is 10.6 Å². The number of hydrogen-bond acceptors (Lipinski definition) is 6. The Morgan fingerprint density at radius 2 is 1.53 bits per heavy atom. The van der Waals surface area contributed by atoms with Gasteiger partial charge in [-0.3, -0.25) is 9.10 Å². The summed E-state index contributed by atoms with van der Waals surface area (Å²) in [6.07, 6.45) is 0.974. The molecule has 0 aromatic heterocycles. The average molecular weight is 456 g/mol. The number of nitrogens with zero attached hydrogens (tertiary/aromatic N) is 2. The third-order valence-corrected chi connectivity index (χ3v) is 7.01. The van der Waals surface area contributed by atoms with Crippen LogP contribution in [-0.2, 0) is 24.8 Å². The van der Waals surface area contributed by atoms with Crippen LogP contribution in [0.5, 0.6) is 5.75 Å². The van der Waals surface area contributed by atoms with Crippen molar-refractivity contribution in [3.63, 3.8) is 0 Å². The van der Waals surface area contributed by atoms with E-state index in [0.29, 0.717) is 18.0 Å². The number of rotatable bonds is 9. The van der Waals surface area contributed by atoms with Crippen LogP contribution in [0.3, 0.4) is 0 Å². The minimum atomic E-state index is -3.79. The molecule has 9 nitrogen and oxygen atoms in total. The van der Waals surface area contributed by atoms with Gasteiger partial charge < -0.3 is 10.1 Å². The molecule has 0 unspecified atom stereocenters. The van der Waals surface area contributed by atoms with Crippen LogP contribution in [0.1, 0.15) is 6.92 Å². The number of anilines is 2. The van der Waals surface area contributed by atoms with Crippen molar-refractivity contribution in [3.05, 3.63) is 48.5 Å². The summed E-state index contributed by atoms with van der Waals surface area (Å²) in [5.41, 5.74) is 0.668. The molecular weight excluding hydrogens is 430 g/mol. The Balaban J connectivity index is 2.19. The molecule has 30 heavy (non-hydrogen) atoms. The molecule has 1 amide bonds. The van der Waals surface area contributed by atoms with E-state index in [9.17, 15) is 21.6 Å². The van der Waals surface area contributed by atoms with Crippen molar-refractivity contribution in [1.29, 1.82) is 0 Å². The van der Waals surface area contributed by atoms with Crippen LogP contribution in [-0.4, -0.2) is 60.6 Å². The van der Waals surface area contributed by atoms with E-state index < -0.39 is 32.5 Å². The van der Waals surface area contributed by atoms with Gasteiger partial charge in [0.15, 0.2) is 0 Å². The van der Waals surface area contributed by atoms with Crippen LogP contribution in [0.25, 0.3) is 0 Å². The van der Waals surface area contributed by atoms with Gasteiger partial charge in [0.05, 0.1) is 23.4 Å². The van der Waals surface area contributed by atoms with Crippen LogP contribution in [0, 0.1) is 0 Å². The molecule has 0 bridgehead atoms. The molecule has 164 valence electrons. The van der Waals surface area contributed by atoms with Gasteiger partial charge in [0.2, 0.25) is 26.0 Å². The monoisotopic (exact) mass is 455 g/mol. The number of hydrogen-bond donors (Lipinski definition) is 1. The fraction of sp³-hybridized carbons (Fsp3) is 0.316. The lowest BCUT2D eigenvalue weighted by Crippen LogP contribution is -2.37. The van der Waals surface area contributed by atoms with E-state index in [1.807, 2.05) is 6.92 Å². The lowest BCUT2D eigenvalue weighted by Gasteiger charge is -2.22. The second-order valence-corrected chi connectivity index (χ2v) is 10.6. The van der Waals surface area contributed by atoms with Gasteiger partial charge in [-0.05, 0) is 55.5 Å². The predicted octanol–water partition coefficient (Wildman–Crippen LogP) is 1.74. The number of amides is 1. The van der Waals surface area contributed by atoms with Crippen LogP contribution in [0.15, 0.2) is 53.4 Å². The Bertz CT molecular complexity index is 1080. The lowest BCUT2D eigenvalue weighted by molar-refractivity contribution is -0.114. The summed E-state index contributed by atoms with van der Waals surface area (Å²) in [7, 11) is -4.64. The van der Waals surface area contributed by atoms with E-state index in [4.69, 9.17) is 4.74 Å². The van der Waals surface area contributed by atoms with Crippen molar-refractivity contribution in [3.8, 4) is 5.75 Å². The van der Waals surface area contributed by atoms with E-state index >= 15 is 0 Å². The highest BCUT2D eigenvalue weighted by molar-refractivity contribution is 7.92. The van der Waals surface area contributed by atoms with Crippen molar-refractivity contribution >= 4 is 37.3 Å². The molecule has 0 aliphatic carbocycles. The topological polar surface area (TPSA) is 113 Å². The zero-order valence-electron chi connectivity index (χ0n) is 17.2. The summed E-state index contributed by atoms with van der Waals surface area (Å²) in [4.78, 5) is 12.4. The molecule has 0 atom stereocenters. The molecule has 0 aliphatic rings. The number of carbonyl (C=O) groups excluding carboxylic acids is 1. The predicted molar refractivity (Wildman–Crippen MR) is 116 cm³/mol. The number of sulfonamides is 2. The quantitative estimate of drug-likeness (QED) is 0.616. The van der Waals surface area contributed by atoms with Crippen LogP contribution >= 0.6 is 0 Å². The molecular formula is C19H25N3O6S2. The molecule has 2 aromatic carbocycles. The first kappa shape index (κ1) is 23.6. The Labute approximate surface area is 177 Å². The molecule has 11 heteroatoms. The molecule has 2 aromatic rings. The van der Waals surface area contributed by atoms with Crippen molar-refractivity contribution in [2.24, 2.45) is 0 Å². The van der Waals surface area contributed by atoms with Crippen molar-refractivity contribution in [2.45, 2.75) is 11.8 Å². The minimum absolute atomic E-state index is 0.0172. The van der Waals surface area contributed by atoms with Crippen LogP contribution in [0.2, 0.25) is 0 Å². The second-order valence-electron chi connectivity index (χ2n) is 6.56. The van der Waals surface area contributed by atoms with E-state index in [1.165, 1.54) is 38.4 Å². The van der Waals surface area contributed by atoms with Crippen molar-refractivity contribution in [2.75, 3.05) is 43.1 Å². The van der Waals surface area contributed by atoms with Gasteiger partial charge >= 0.3 is 0 Å². The second kappa shape index (κ2) is 9.45. The average Bonchev–Trinajstić information content (AvgIpc) is 2.67. The summed E-state index contributed by atoms with van der Waals surface area (Å²) < 4.78 is 56.1. The largest absolute Gasteiger partial charge is 0.494 e. The Morgan fingerprint density at radius 1 is 0.967 bits per heavy atom. The van der Waals surface area contributed by atoms with Crippen LogP contribution in [0.4, 0.5) is 11.4 Å². The minimum Gasteiger partial charge on any atom is -0.494 e. The van der Waals surface area contributed by atoms with Crippen LogP contribution < -0.4 is 14.4 Å². The summed E-state index contributed by atoms with van der Waals surface area (Å²) >= 11 is 0. The first-order chi connectivity index (χ1) is 13.9. The maximum Gasteiger partial charge on any atom is 0.245 e. The highest BCUT2D eigenvalue weighted by Gasteiger charge is 2.23. The molecule has 1 N–H and O–H groups in total. The lowest BCUT2D eigenvalue weighted by atomic mass is 10.3. The number of carbonyl (C=O) groups is 1. The smallest absolute Gasteiger partial charge is 0.245 e. The highest BCUT2D eigenvalue weighted by Crippen LogP contribution is 2.22. The molecule has 0 spiro atoms. The number of ether oxygens (including phenoxy) is 1. The first-order valence-corrected chi connectivity index (χ1v) is 12.3. The van der Waals surface area contributed by atoms with Gasteiger partial charge in [0.25, 0.3) is 0 Å². The maximum absolute atomic E-state index is 12.4. The van der Waals surface area contributed by atoms with Gasteiger partial charge in [-0.1, -0.05) is 0 Å². The van der Waals surface area contributed by atoms with Gasteiger partial charge in [0, 0.05) is 19.8 Å². The number of benzene rings is 2. The maximum atomic E-state index is 12.4. The third kappa shape index (κ3) is 5.94. The summed E-state index contributed by atoms with van der Waals surface area (Å²) in [5, 5.41) is 2.63. The van der Waals surface area contributed by atoms with E-state index in [2.05, 4.69) is 5.32 Å². The Morgan fingerprint density at radius 3 is 2.00 bits per heavy atom. The van der Waals surface area contributed by atoms with Gasteiger partial charge in [-0.2, -0.15) is 0 Å². The summed E-state index contributed by atoms with van der Waals surface area (Å²) in [5.74, 6) is 0.107. The fourth-order valence-corrected chi connectivity index (χ4v) is 4.29. The molecule has 2 rings (SSSR count). The van der Waals surface area contributed by atoms with Crippen molar-refractivity contribution < 1.29 is 26.4 Å². The molecule has 0 saturated heterocycles. The van der Waals surface area contributed by atoms with Gasteiger partial charge in [0.1, 0.15) is 12.3 Å². The third-order valence-electron chi connectivity index (χ3n) is 4.04. The van der Waals surface area contributed by atoms with Gasteiger partial charge in [-0.25, -0.2) is 21.1 Å². The zero-order chi connectivity index (χ0) is 22.5. The first-order valence-electron chi connectivity index (χ1n) is 8.98. The molecule has 0 radical (unpaired) electrons. The normalized spacial score (nSPS) is 11.9. The molecule has 0 heterocycles. The zero-order valence-corrected chi connectivity index (χ0v) is 18.8. The Kier molecular flexibility index (Phi) is 7.45. The van der Waals surface area contributed by atoms with E-state index in [1.54, 1.807) is 24.3 Å². The van der Waals surface area contributed by atoms with Crippen molar-refractivity contribution in [1.82, 2.24) is 4.31 Å². The fourth-order valence-electron chi connectivity index (χ4n) is 2.53. The standard InChI is InChI=1S/C19H25N3O6S2/c1-5-28-17-10-6-15(7-11-17)20-19(23)14-22(29(4,24)25)16-8-12-18(13-9-16)30(26,27)21(2)3/h6-13H,5,14H2,1-4H3,(H,20,23). The Hall–Kier alpha value is -2.63. The van der Waals surface area contributed by atoms with E-state index in [0.717, 1.165) is 14.9 Å². The summed E-state index contributed by atoms with van der Waals surface area (Å²) in [6, 6.07) is 12.0. The number of nitrogens with one attached hydrogen (secondary N) is 1. The molecule has 0 aliphatic heterocycles. The molecule has 0 fully saturated rings. The van der Waals surface area contributed by atoms with Gasteiger partial charge in [-0.15, -0.1) is 0 Å².